The minimum atomic E-state index is 0.0167. The van der Waals surface area contributed by atoms with Gasteiger partial charge in [-0.2, -0.15) is 10.2 Å². The van der Waals surface area contributed by atoms with Crippen LogP contribution in [0.3, 0.4) is 0 Å². The number of aryl methyl sites for hydroxylation is 4. The first-order valence-corrected chi connectivity index (χ1v) is 11.1. The zero-order valence-electron chi connectivity index (χ0n) is 19.5. The van der Waals surface area contributed by atoms with Gasteiger partial charge in [0.2, 0.25) is 5.91 Å². The Morgan fingerprint density at radius 2 is 1.75 bits per heavy atom. The molecule has 0 spiro atoms. The molecular formula is C25H30N6O. The summed E-state index contributed by atoms with van der Waals surface area (Å²) >= 11 is 0. The number of likely N-dealkylation sites (N-methyl/N-ethyl adjacent to an activating group) is 1. The third kappa shape index (κ3) is 4.15. The van der Waals surface area contributed by atoms with Gasteiger partial charge in [0.1, 0.15) is 6.54 Å². The summed E-state index contributed by atoms with van der Waals surface area (Å²) in [7, 11) is 0. The predicted molar refractivity (Wildman–Crippen MR) is 126 cm³/mol. The van der Waals surface area contributed by atoms with E-state index in [2.05, 4.69) is 53.3 Å². The van der Waals surface area contributed by atoms with Crippen molar-refractivity contribution in [2.24, 2.45) is 0 Å². The molecule has 3 aromatic heterocycles. The Bertz CT molecular complexity index is 1250. The molecule has 166 valence electrons. The summed E-state index contributed by atoms with van der Waals surface area (Å²) in [6.07, 6.45) is 3.81. The number of carbonyl (C=O) groups excluding carboxylic acids is 1. The second-order valence-electron chi connectivity index (χ2n) is 8.17. The Balaban J connectivity index is 1.62. The third-order valence-corrected chi connectivity index (χ3v) is 5.92. The molecule has 0 aliphatic carbocycles. The maximum atomic E-state index is 13.2. The topological polar surface area (TPSA) is 68.8 Å². The van der Waals surface area contributed by atoms with E-state index >= 15 is 0 Å². The van der Waals surface area contributed by atoms with Gasteiger partial charge in [0, 0.05) is 43.0 Å². The number of pyridine rings is 1. The van der Waals surface area contributed by atoms with Crippen LogP contribution in [0.1, 0.15) is 36.4 Å². The number of rotatable bonds is 7. The second kappa shape index (κ2) is 8.94. The molecular weight excluding hydrogens is 400 g/mol. The van der Waals surface area contributed by atoms with Crippen LogP contribution in [-0.2, 0) is 24.4 Å². The van der Waals surface area contributed by atoms with E-state index in [1.807, 2.05) is 42.6 Å². The van der Waals surface area contributed by atoms with Crippen molar-refractivity contribution >= 4 is 16.9 Å². The van der Waals surface area contributed by atoms with Crippen molar-refractivity contribution in [2.45, 2.75) is 54.3 Å². The van der Waals surface area contributed by atoms with E-state index in [-0.39, 0.29) is 12.5 Å². The molecule has 0 aliphatic rings. The molecule has 7 heteroatoms. The van der Waals surface area contributed by atoms with E-state index < -0.39 is 0 Å². The Morgan fingerprint density at radius 1 is 1.00 bits per heavy atom. The lowest BCUT2D eigenvalue weighted by molar-refractivity contribution is -0.132. The number of hydrogen-bond acceptors (Lipinski definition) is 4. The van der Waals surface area contributed by atoms with E-state index in [9.17, 15) is 4.79 Å². The van der Waals surface area contributed by atoms with Crippen LogP contribution in [0.2, 0.25) is 0 Å². The number of hydrogen-bond donors (Lipinski definition) is 0. The van der Waals surface area contributed by atoms with Crippen LogP contribution in [0.25, 0.3) is 22.2 Å². The van der Waals surface area contributed by atoms with Crippen LogP contribution in [0.15, 0.2) is 42.7 Å². The second-order valence-corrected chi connectivity index (χ2v) is 8.17. The molecule has 4 rings (SSSR count). The highest BCUT2D eigenvalue weighted by molar-refractivity contribution is 5.95. The summed E-state index contributed by atoms with van der Waals surface area (Å²) in [5, 5.41) is 10.2. The van der Waals surface area contributed by atoms with Crippen molar-refractivity contribution in [3.05, 3.63) is 65.2 Å². The summed E-state index contributed by atoms with van der Waals surface area (Å²) in [6.45, 7) is 12.2. The average molecular weight is 431 g/mol. The molecule has 0 bridgehead atoms. The fourth-order valence-electron chi connectivity index (χ4n) is 4.05. The minimum Gasteiger partial charge on any atom is -0.337 e. The lowest BCUT2D eigenvalue weighted by Gasteiger charge is -2.20. The molecule has 0 aliphatic heterocycles. The fraction of sp³-hybridized carbons (Fsp3) is 0.360. The summed E-state index contributed by atoms with van der Waals surface area (Å²) in [5.74, 6) is 0.0167. The van der Waals surface area contributed by atoms with Gasteiger partial charge in [-0.15, -0.1) is 0 Å². The number of benzene rings is 1. The van der Waals surface area contributed by atoms with Crippen molar-refractivity contribution in [1.29, 1.82) is 0 Å². The number of carbonyl (C=O) groups is 1. The van der Waals surface area contributed by atoms with Gasteiger partial charge in [0.25, 0.3) is 0 Å². The number of fused-ring (bicyclic) bond motifs is 1. The zero-order chi connectivity index (χ0) is 22.8. The van der Waals surface area contributed by atoms with Gasteiger partial charge >= 0.3 is 0 Å². The zero-order valence-corrected chi connectivity index (χ0v) is 19.5. The number of aromatic nitrogens is 5. The normalized spacial score (nSPS) is 11.3. The monoisotopic (exact) mass is 430 g/mol. The molecule has 32 heavy (non-hydrogen) atoms. The minimum absolute atomic E-state index is 0.0167. The predicted octanol–water partition coefficient (Wildman–Crippen LogP) is 4.29. The van der Waals surface area contributed by atoms with Crippen LogP contribution >= 0.6 is 0 Å². The van der Waals surface area contributed by atoms with Crippen LogP contribution < -0.4 is 0 Å². The van der Waals surface area contributed by atoms with Crippen LogP contribution in [-0.4, -0.2) is 41.9 Å². The quantitative estimate of drug-likeness (QED) is 0.439. The summed E-state index contributed by atoms with van der Waals surface area (Å²) < 4.78 is 3.64. The maximum absolute atomic E-state index is 13.2. The number of nitrogens with zero attached hydrogens (tertiary/aromatic N) is 6. The molecule has 3 heterocycles. The SMILES string of the molecule is CCN(Cc1cn(CC)nc1C)C(=O)Cn1nc(C)c2c(-c3ccc(C)cc3)ccnc21. The molecule has 1 amide bonds. The Morgan fingerprint density at radius 3 is 2.41 bits per heavy atom. The van der Waals surface area contributed by atoms with Crippen molar-refractivity contribution in [3.63, 3.8) is 0 Å². The molecule has 0 N–H and O–H groups in total. The van der Waals surface area contributed by atoms with Gasteiger partial charge in [-0.1, -0.05) is 29.8 Å². The largest absolute Gasteiger partial charge is 0.337 e. The fourth-order valence-corrected chi connectivity index (χ4v) is 4.05. The lowest BCUT2D eigenvalue weighted by atomic mass is 10.0. The van der Waals surface area contributed by atoms with Gasteiger partial charge in [0.05, 0.1) is 11.4 Å². The Hall–Kier alpha value is -3.48. The Kier molecular flexibility index (Phi) is 6.08. The molecule has 0 atom stereocenters. The van der Waals surface area contributed by atoms with Gasteiger partial charge in [0.15, 0.2) is 5.65 Å². The van der Waals surface area contributed by atoms with Gasteiger partial charge < -0.3 is 4.90 Å². The molecule has 0 saturated carbocycles. The highest BCUT2D eigenvalue weighted by Gasteiger charge is 2.20. The number of amides is 1. The highest BCUT2D eigenvalue weighted by atomic mass is 16.2. The van der Waals surface area contributed by atoms with Crippen molar-refractivity contribution in [3.8, 4) is 11.1 Å². The van der Waals surface area contributed by atoms with Crippen LogP contribution in [0.4, 0.5) is 0 Å². The van der Waals surface area contributed by atoms with Gasteiger partial charge in [-0.25, -0.2) is 9.67 Å². The van der Waals surface area contributed by atoms with E-state index in [1.165, 1.54) is 5.56 Å². The lowest BCUT2D eigenvalue weighted by Crippen LogP contribution is -2.33. The van der Waals surface area contributed by atoms with Crippen LogP contribution in [0, 0.1) is 20.8 Å². The van der Waals surface area contributed by atoms with Crippen molar-refractivity contribution < 1.29 is 4.79 Å². The molecule has 7 nitrogen and oxygen atoms in total. The smallest absolute Gasteiger partial charge is 0.244 e. The summed E-state index contributed by atoms with van der Waals surface area (Å²) in [5.41, 5.74) is 7.07. The molecule has 0 saturated heterocycles. The van der Waals surface area contributed by atoms with Crippen molar-refractivity contribution in [2.75, 3.05) is 6.54 Å². The van der Waals surface area contributed by atoms with Gasteiger partial charge in [-0.05, 0) is 51.8 Å². The first kappa shape index (κ1) is 21.7. The van der Waals surface area contributed by atoms with Crippen molar-refractivity contribution in [1.82, 2.24) is 29.4 Å². The summed E-state index contributed by atoms with van der Waals surface area (Å²) in [4.78, 5) is 19.6. The molecule has 0 fully saturated rings. The van der Waals surface area contributed by atoms with E-state index in [1.54, 1.807) is 10.9 Å². The first-order valence-electron chi connectivity index (χ1n) is 11.1. The first-order chi connectivity index (χ1) is 15.4. The van der Waals surface area contributed by atoms with Crippen LogP contribution in [0.5, 0.6) is 0 Å². The third-order valence-electron chi connectivity index (χ3n) is 5.92. The average Bonchev–Trinajstić information content (AvgIpc) is 3.31. The van der Waals surface area contributed by atoms with E-state index in [0.29, 0.717) is 13.1 Å². The molecule has 0 unspecified atom stereocenters. The maximum Gasteiger partial charge on any atom is 0.244 e. The Labute approximate surface area is 188 Å². The molecule has 4 aromatic rings. The van der Waals surface area contributed by atoms with E-state index in [4.69, 9.17) is 0 Å². The van der Waals surface area contributed by atoms with Gasteiger partial charge in [-0.3, -0.25) is 9.48 Å². The standard InChI is InChI=1S/C25H30N6O/c1-6-29(14-21-15-30(7-2)27-18(21)4)23(32)16-31-25-24(19(5)28-31)22(12-13-26-25)20-10-8-17(3)9-11-20/h8-13,15H,6-7,14,16H2,1-5H3. The molecule has 0 radical (unpaired) electrons. The van der Waals surface area contributed by atoms with E-state index in [0.717, 1.165) is 45.7 Å². The highest BCUT2D eigenvalue weighted by Crippen LogP contribution is 2.30. The molecule has 1 aromatic carbocycles. The summed E-state index contributed by atoms with van der Waals surface area (Å²) in [6, 6.07) is 10.5.